The summed E-state index contributed by atoms with van der Waals surface area (Å²) in [6.45, 7) is -0.244. The summed E-state index contributed by atoms with van der Waals surface area (Å²) in [5.74, 6) is 0.418. The van der Waals surface area contributed by atoms with Crippen molar-refractivity contribution in [2.45, 2.75) is 0 Å². The van der Waals surface area contributed by atoms with E-state index >= 15 is 0 Å². The average Bonchev–Trinajstić information content (AvgIpc) is 2.71. The maximum absolute atomic E-state index is 12.0. The first-order valence-corrected chi connectivity index (χ1v) is 8.52. The molecule has 0 unspecified atom stereocenters. The highest BCUT2D eigenvalue weighted by Crippen LogP contribution is 2.38. The van der Waals surface area contributed by atoms with Crippen LogP contribution in [-0.4, -0.2) is 45.9 Å². The fraction of sp³-hybridized carbons (Fsp3) is 0.211. The summed E-state index contributed by atoms with van der Waals surface area (Å²) in [7, 11) is 4.49. The van der Waals surface area contributed by atoms with Gasteiger partial charge < -0.3 is 19.5 Å². The van der Waals surface area contributed by atoms with Crippen LogP contribution in [0.2, 0.25) is 5.02 Å². The maximum Gasteiger partial charge on any atom is 0.259 e. The van der Waals surface area contributed by atoms with Crippen molar-refractivity contribution in [1.82, 2.24) is 10.7 Å². The minimum absolute atomic E-state index is 0.244. The molecule has 8 nitrogen and oxygen atoms in total. The van der Waals surface area contributed by atoms with Crippen LogP contribution in [0, 0.1) is 0 Å². The second kappa shape index (κ2) is 10.2. The molecule has 28 heavy (non-hydrogen) atoms. The SMILES string of the molecule is COc1ccc(/C=N\NC(=O)CNC(=O)c2cccc(Cl)c2)c(OC)c1OC. The molecule has 0 heterocycles. The number of nitrogens with one attached hydrogen (secondary N) is 2. The van der Waals surface area contributed by atoms with Gasteiger partial charge in [-0.2, -0.15) is 5.10 Å². The van der Waals surface area contributed by atoms with Gasteiger partial charge in [-0.1, -0.05) is 17.7 Å². The number of rotatable bonds is 8. The summed E-state index contributed by atoms with van der Waals surface area (Å²) >= 11 is 5.84. The highest BCUT2D eigenvalue weighted by atomic mass is 35.5. The van der Waals surface area contributed by atoms with Crippen molar-refractivity contribution in [3.8, 4) is 17.2 Å². The zero-order chi connectivity index (χ0) is 20.5. The molecule has 0 aliphatic heterocycles. The lowest BCUT2D eigenvalue weighted by atomic mass is 10.2. The van der Waals surface area contributed by atoms with Crippen LogP contribution in [0.5, 0.6) is 17.2 Å². The maximum atomic E-state index is 12.0. The van der Waals surface area contributed by atoms with Gasteiger partial charge in [-0.05, 0) is 30.3 Å². The van der Waals surface area contributed by atoms with E-state index in [9.17, 15) is 9.59 Å². The van der Waals surface area contributed by atoms with E-state index in [1.54, 1.807) is 30.3 Å². The molecule has 0 aromatic heterocycles. The fourth-order valence-electron chi connectivity index (χ4n) is 2.33. The quantitative estimate of drug-likeness (QED) is 0.518. The number of carbonyl (C=O) groups is 2. The number of ether oxygens (including phenoxy) is 3. The van der Waals surface area contributed by atoms with Crippen LogP contribution >= 0.6 is 11.6 Å². The Morgan fingerprint density at radius 2 is 1.82 bits per heavy atom. The van der Waals surface area contributed by atoms with Crippen molar-refractivity contribution < 1.29 is 23.8 Å². The predicted octanol–water partition coefficient (Wildman–Crippen LogP) is 2.25. The summed E-state index contributed by atoms with van der Waals surface area (Å²) in [4.78, 5) is 23.9. The molecule has 148 valence electrons. The Balaban J connectivity index is 1.95. The van der Waals surface area contributed by atoms with Crippen molar-refractivity contribution in [1.29, 1.82) is 0 Å². The second-order valence-corrected chi connectivity index (χ2v) is 5.85. The van der Waals surface area contributed by atoms with Crippen LogP contribution in [0.4, 0.5) is 0 Å². The summed E-state index contributed by atoms with van der Waals surface area (Å²) in [6, 6.07) is 9.81. The molecule has 0 spiro atoms. The standard InChI is InChI=1S/C19H20ClN3O5/c1-26-15-8-7-13(17(27-2)18(15)28-3)10-22-23-16(24)11-21-19(25)12-5-4-6-14(20)9-12/h4-10H,11H2,1-3H3,(H,21,25)(H,23,24)/b22-10-. The molecule has 0 radical (unpaired) electrons. The number of hydrogen-bond donors (Lipinski definition) is 2. The molecule has 0 aliphatic rings. The van der Waals surface area contributed by atoms with Crippen LogP contribution in [0.1, 0.15) is 15.9 Å². The van der Waals surface area contributed by atoms with Crippen molar-refractivity contribution in [2.75, 3.05) is 27.9 Å². The minimum Gasteiger partial charge on any atom is -0.493 e. The van der Waals surface area contributed by atoms with Crippen LogP contribution in [0.3, 0.4) is 0 Å². The lowest BCUT2D eigenvalue weighted by Crippen LogP contribution is -2.34. The Morgan fingerprint density at radius 1 is 1.07 bits per heavy atom. The number of halogens is 1. The average molecular weight is 406 g/mol. The van der Waals surface area contributed by atoms with Gasteiger partial charge in [-0.15, -0.1) is 0 Å². The van der Waals surface area contributed by atoms with Gasteiger partial charge in [0.05, 0.1) is 34.1 Å². The third-order valence-electron chi connectivity index (χ3n) is 3.62. The van der Waals surface area contributed by atoms with Crippen molar-refractivity contribution >= 4 is 29.6 Å². The topological polar surface area (TPSA) is 98.2 Å². The molecule has 0 atom stereocenters. The third kappa shape index (κ3) is 5.37. The zero-order valence-electron chi connectivity index (χ0n) is 15.6. The van der Waals surface area contributed by atoms with Crippen molar-refractivity contribution in [2.24, 2.45) is 5.10 Å². The first-order valence-electron chi connectivity index (χ1n) is 8.14. The van der Waals surface area contributed by atoms with Gasteiger partial charge in [0.25, 0.3) is 11.8 Å². The van der Waals surface area contributed by atoms with E-state index in [0.717, 1.165) is 0 Å². The summed E-state index contributed by atoms with van der Waals surface area (Å²) in [5.41, 5.74) is 3.26. The van der Waals surface area contributed by atoms with Gasteiger partial charge >= 0.3 is 0 Å². The lowest BCUT2D eigenvalue weighted by molar-refractivity contribution is -0.120. The number of hydrazone groups is 1. The number of carbonyl (C=O) groups excluding carboxylic acids is 2. The van der Waals surface area contributed by atoms with E-state index in [0.29, 0.717) is 33.4 Å². The Hall–Kier alpha value is -3.26. The zero-order valence-corrected chi connectivity index (χ0v) is 16.4. The molecule has 2 N–H and O–H groups in total. The Kier molecular flexibility index (Phi) is 7.65. The number of nitrogens with zero attached hydrogens (tertiary/aromatic N) is 1. The van der Waals surface area contributed by atoms with Gasteiger partial charge in [0.15, 0.2) is 11.5 Å². The normalized spacial score (nSPS) is 10.4. The van der Waals surface area contributed by atoms with E-state index in [1.807, 2.05) is 0 Å². The molecule has 2 rings (SSSR count). The molecule has 9 heteroatoms. The Bertz CT molecular complexity index is 886. The number of amides is 2. The summed E-state index contributed by atoms with van der Waals surface area (Å²) < 4.78 is 15.8. The fourth-order valence-corrected chi connectivity index (χ4v) is 2.52. The first kappa shape index (κ1) is 21.0. The first-order chi connectivity index (χ1) is 13.5. The molecule has 0 fully saturated rings. The summed E-state index contributed by atoms with van der Waals surface area (Å²) in [6.07, 6.45) is 1.40. The Morgan fingerprint density at radius 3 is 2.46 bits per heavy atom. The van der Waals surface area contributed by atoms with Crippen LogP contribution in [0.25, 0.3) is 0 Å². The molecule has 0 aliphatic carbocycles. The molecule has 2 aromatic carbocycles. The van der Waals surface area contributed by atoms with Gasteiger partial charge in [-0.3, -0.25) is 9.59 Å². The van der Waals surface area contributed by atoms with Crippen LogP contribution in [0.15, 0.2) is 41.5 Å². The van der Waals surface area contributed by atoms with Gasteiger partial charge in [-0.25, -0.2) is 5.43 Å². The number of hydrogen-bond acceptors (Lipinski definition) is 6. The van der Waals surface area contributed by atoms with Gasteiger partial charge in [0, 0.05) is 16.1 Å². The molecule has 2 aromatic rings. The number of benzene rings is 2. The van der Waals surface area contributed by atoms with E-state index in [2.05, 4.69) is 15.8 Å². The monoisotopic (exact) mass is 405 g/mol. The van der Waals surface area contributed by atoms with Gasteiger partial charge in [0.1, 0.15) is 0 Å². The molecule has 2 amide bonds. The molecule has 0 saturated carbocycles. The predicted molar refractivity (Wildman–Crippen MR) is 106 cm³/mol. The third-order valence-corrected chi connectivity index (χ3v) is 3.86. The van der Waals surface area contributed by atoms with E-state index in [-0.39, 0.29) is 6.54 Å². The molecular weight excluding hydrogens is 386 g/mol. The Labute approximate surface area is 167 Å². The second-order valence-electron chi connectivity index (χ2n) is 5.41. The number of methoxy groups -OCH3 is 3. The summed E-state index contributed by atoms with van der Waals surface area (Å²) in [5, 5.41) is 6.79. The van der Waals surface area contributed by atoms with Crippen molar-refractivity contribution in [3.63, 3.8) is 0 Å². The molecule has 0 bridgehead atoms. The lowest BCUT2D eigenvalue weighted by Gasteiger charge is -2.13. The van der Waals surface area contributed by atoms with E-state index in [4.69, 9.17) is 25.8 Å². The van der Waals surface area contributed by atoms with Crippen LogP contribution < -0.4 is 25.0 Å². The highest BCUT2D eigenvalue weighted by Gasteiger charge is 2.14. The van der Waals surface area contributed by atoms with Crippen LogP contribution in [-0.2, 0) is 4.79 Å². The molecular formula is C19H20ClN3O5. The highest BCUT2D eigenvalue weighted by molar-refractivity contribution is 6.31. The van der Waals surface area contributed by atoms with Crippen molar-refractivity contribution in [3.05, 3.63) is 52.5 Å². The largest absolute Gasteiger partial charge is 0.493 e. The van der Waals surface area contributed by atoms with Gasteiger partial charge in [0.2, 0.25) is 5.75 Å². The smallest absolute Gasteiger partial charge is 0.259 e. The minimum atomic E-state index is -0.494. The van der Waals surface area contributed by atoms with E-state index < -0.39 is 11.8 Å². The van der Waals surface area contributed by atoms with E-state index in [1.165, 1.54) is 33.6 Å². The molecule has 0 saturated heterocycles.